The van der Waals surface area contributed by atoms with Gasteiger partial charge in [-0.05, 0) is 43.7 Å². The summed E-state index contributed by atoms with van der Waals surface area (Å²) in [6, 6.07) is 7.40. The van der Waals surface area contributed by atoms with Gasteiger partial charge >= 0.3 is 0 Å². The summed E-state index contributed by atoms with van der Waals surface area (Å²) in [4.78, 5) is 19.3. The number of likely N-dealkylation sites (tertiary alicyclic amines) is 1. The van der Waals surface area contributed by atoms with Crippen LogP contribution in [0.3, 0.4) is 0 Å². The van der Waals surface area contributed by atoms with Crippen LogP contribution in [0.5, 0.6) is 5.75 Å². The van der Waals surface area contributed by atoms with Gasteiger partial charge in [-0.3, -0.25) is 4.79 Å². The first-order valence-corrected chi connectivity index (χ1v) is 8.99. The second-order valence-corrected chi connectivity index (χ2v) is 6.98. The highest BCUT2D eigenvalue weighted by atomic mass is 16.5. The van der Waals surface area contributed by atoms with Crippen molar-refractivity contribution in [1.82, 2.24) is 15.0 Å². The van der Waals surface area contributed by atoms with Crippen LogP contribution >= 0.6 is 0 Å². The number of nitrogens with zero attached hydrogens (tertiary/aromatic N) is 3. The Hall–Kier alpha value is -2.37. The van der Waals surface area contributed by atoms with E-state index in [1.807, 2.05) is 29.2 Å². The number of aromatic nitrogens is 2. The van der Waals surface area contributed by atoms with Gasteiger partial charge < -0.3 is 14.2 Å². The van der Waals surface area contributed by atoms with Crippen LogP contribution in [0.25, 0.3) is 0 Å². The summed E-state index contributed by atoms with van der Waals surface area (Å²) in [5.74, 6) is 3.09. The van der Waals surface area contributed by atoms with Gasteiger partial charge in [-0.25, -0.2) is 0 Å². The average Bonchev–Trinajstić information content (AvgIpc) is 3.41. The molecule has 132 valence electrons. The molecule has 0 spiro atoms. The minimum Gasteiger partial charge on any atom is -0.496 e. The quantitative estimate of drug-likeness (QED) is 0.836. The molecule has 25 heavy (non-hydrogen) atoms. The number of piperidine rings is 1. The molecule has 0 radical (unpaired) electrons. The molecule has 0 N–H and O–H groups in total. The molecule has 1 aromatic heterocycles. The lowest BCUT2D eigenvalue weighted by atomic mass is 9.94. The van der Waals surface area contributed by atoms with Gasteiger partial charge in [0, 0.05) is 25.4 Å². The van der Waals surface area contributed by atoms with E-state index in [1.165, 1.54) is 12.8 Å². The first kappa shape index (κ1) is 16.1. The predicted molar refractivity (Wildman–Crippen MR) is 91.6 cm³/mol. The Balaban J connectivity index is 1.42. The van der Waals surface area contributed by atoms with Crippen molar-refractivity contribution in [2.45, 2.75) is 38.0 Å². The zero-order chi connectivity index (χ0) is 17.2. The lowest BCUT2D eigenvalue weighted by Gasteiger charge is -2.32. The van der Waals surface area contributed by atoms with E-state index in [0.29, 0.717) is 29.0 Å². The zero-order valence-electron chi connectivity index (χ0n) is 14.5. The number of para-hydroxylation sites is 1. The van der Waals surface area contributed by atoms with Crippen molar-refractivity contribution >= 4 is 5.91 Å². The summed E-state index contributed by atoms with van der Waals surface area (Å²) in [5.41, 5.74) is 0.624. The normalized spacial score (nSPS) is 20.5. The lowest BCUT2D eigenvalue weighted by Crippen LogP contribution is -2.40. The number of rotatable bonds is 5. The molecule has 1 amide bonds. The Kier molecular flexibility index (Phi) is 4.42. The van der Waals surface area contributed by atoms with Crippen LogP contribution < -0.4 is 4.74 Å². The van der Waals surface area contributed by atoms with Crippen molar-refractivity contribution in [3.05, 3.63) is 41.5 Å². The number of carbonyl (C=O) groups is 1. The van der Waals surface area contributed by atoms with Gasteiger partial charge in [0.25, 0.3) is 5.91 Å². The van der Waals surface area contributed by atoms with E-state index in [0.717, 1.165) is 38.2 Å². The Labute approximate surface area is 147 Å². The minimum absolute atomic E-state index is 0.0337. The third-order valence-corrected chi connectivity index (χ3v) is 5.03. The molecule has 2 heterocycles. The molecule has 2 fully saturated rings. The highest BCUT2D eigenvalue weighted by molar-refractivity contribution is 5.97. The van der Waals surface area contributed by atoms with Gasteiger partial charge in [0.1, 0.15) is 5.75 Å². The van der Waals surface area contributed by atoms with Gasteiger partial charge in [0.15, 0.2) is 5.82 Å². The number of benzene rings is 1. The Morgan fingerprint density at radius 2 is 2.16 bits per heavy atom. The molecule has 1 aliphatic heterocycles. The number of hydrogen-bond donors (Lipinski definition) is 0. The maximum absolute atomic E-state index is 12.9. The van der Waals surface area contributed by atoms with Gasteiger partial charge in [0.05, 0.1) is 12.7 Å². The third kappa shape index (κ3) is 3.52. The van der Waals surface area contributed by atoms with E-state index in [2.05, 4.69) is 10.1 Å². The minimum atomic E-state index is 0.0337. The fourth-order valence-electron chi connectivity index (χ4n) is 3.51. The highest BCUT2D eigenvalue weighted by Crippen LogP contribution is 2.38. The van der Waals surface area contributed by atoms with Crippen LogP contribution in [-0.4, -0.2) is 41.1 Å². The third-order valence-electron chi connectivity index (χ3n) is 5.03. The molecular weight excluding hydrogens is 318 g/mol. The maximum Gasteiger partial charge on any atom is 0.257 e. The molecule has 1 unspecified atom stereocenters. The summed E-state index contributed by atoms with van der Waals surface area (Å²) < 4.78 is 10.7. The van der Waals surface area contributed by atoms with E-state index < -0.39 is 0 Å². The number of hydrogen-bond acceptors (Lipinski definition) is 5. The molecule has 1 aromatic carbocycles. The summed E-state index contributed by atoms with van der Waals surface area (Å²) in [6.45, 7) is 1.50. The van der Waals surface area contributed by atoms with Crippen molar-refractivity contribution in [2.24, 2.45) is 5.92 Å². The topological polar surface area (TPSA) is 68.5 Å². The highest BCUT2D eigenvalue weighted by Gasteiger charge is 2.30. The fourth-order valence-corrected chi connectivity index (χ4v) is 3.51. The molecule has 2 aliphatic rings. The Morgan fingerprint density at radius 1 is 1.32 bits per heavy atom. The number of methoxy groups -OCH3 is 1. The number of amides is 1. The van der Waals surface area contributed by atoms with E-state index >= 15 is 0 Å². The second-order valence-electron chi connectivity index (χ2n) is 6.98. The number of ether oxygens (including phenoxy) is 1. The van der Waals surface area contributed by atoms with Crippen LogP contribution in [0.4, 0.5) is 0 Å². The first-order chi connectivity index (χ1) is 12.2. The van der Waals surface area contributed by atoms with Crippen molar-refractivity contribution in [3.8, 4) is 5.75 Å². The molecule has 2 aromatic rings. The maximum atomic E-state index is 12.9. The van der Waals surface area contributed by atoms with Gasteiger partial charge in [-0.1, -0.05) is 17.3 Å². The molecule has 6 nitrogen and oxygen atoms in total. The Bertz CT molecular complexity index is 754. The summed E-state index contributed by atoms with van der Waals surface area (Å²) in [6.07, 6.45) is 5.16. The first-order valence-electron chi connectivity index (χ1n) is 8.99. The average molecular weight is 341 g/mol. The van der Waals surface area contributed by atoms with Gasteiger partial charge in [-0.2, -0.15) is 4.98 Å². The van der Waals surface area contributed by atoms with Crippen LogP contribution in [-0.2, 0) is 6.42 Å². The van der Waals surface area contributed by atoms with Crippen molar-refractivity contribution in [3.63, 3.8) is 0 Å². The molecule has 6 heteroatoms. The van der Waals surface area contributed by atoms with E-state index in [9.17, 15) is 4.79 Å². The smallest absolute Gasteiger partial charge is 0.257 e. The Morgan fingerprint density at radius 3 is 2.96 bits per heavy atom. The van der Waals surface area contributed by atoms with Crippen molar-refractivity contribution in [1.29, 1.82) is 0 Å². The summed E-state index contributed by atoms with van der Waals surface area (Å²) >= 11 is 0. The van der Waals surface area contributed by atoms with Gasteiger partial charge in [0.2, 0.25) is 5.89 Å². The molecule has 1 saturated carbocycles. The van der Waals surface area contributed by atoms with Gasteiger partial charge in [-0.15, -0.1) is 0 Å². The van der Waals surface area contributed by atoms with Crippen molar-refractivity contribution < 1.29 is 14.1 Å². The zero-order valence-corrected chi connectivity index (χ0v) is 14.5. The largest absolute Gasteiger partial charge is 0.496 e. The van der Waals surface area contributed by atoms with Crippen LogP contribution in [0.2, 0.25) is 0 Å². The summed E-state index contributed by atoms with van der Waals surface area (Å²) in [7, 11) is 1.60. The molecule has 1 aliphatic carbocycles. The SMILES string of the molecule is COc1ccccc1C(=O)N1CCCC(Cc2nc(C3CC3)no2)C1. The summed E-state index contributed by atoms with van der Waals surface area (Å²) in [5, 5.41) is 4.08. The van der Waals surface area contributed by atoms with E-state index in [1.54, 1.807) is 7.11 Å². The molecule has 4 rings (SSSR count). The van der Waals surface area contributed by atoms with Crippen LogP contribution in [0, 0.1) is 5.92 Å². The molecule has 1 atom stereocenters. The predicted octanol–water partition coefficient (Wildman–Crippen LogP) is 3.05. The van der Waals surface area contributed by atoms with Crippen LogP contribution in [0.1, 0.15) is 53.7 Å². The second kappa shape index (κ2) is 6.86. The van der Waals surface area contributed by atoms with Crippen LogP contribution in [0.15, 0.2) is 28.8 Å². The molecule has 1 saturated heterocycles. The standard InChI is InChI=1S/C19H23N3O3/c1-24-16-7-3-2-6-15(16)19(23)22-10-4-5-13(12-22)11-17-20-18(21-25-17)14-8-9-14/h2-3,6-7,13-14H,4-5,8-12H2,1H3. The fraction of sp³-hybridized carbons (Fsp3) is 0.526. The van der Waals surface area contributed by atoms with E-state index in [4.69, 9.17) is 9.26 Å². The monoisotopic (exact) mass is 341 g/mol. The molecular formula is C19H23N3O3. The lowest BCUT2D eigenvalue weighted by molar-refractivity contribution is 0.0665. The van der Waals surface area contributed by atoms with E-state index in [-0.39, 0.29) is 5.91 Å². The van der Waals surface area contributed by atoms with Crippen molar-refractivity contribution in [2.75, 3.05) is 20.2 Å². The molecule has 0 bridgehead atoms. The number of carbonyl (C=O) groups excluding carboxylic acids is 1.